The molecule has 94 valence electrons. The summed E-state index contributed by atoms with van der Waals surface area (Å²) in [5.41, 5.74) is 0. The van der Waals surface area contributed by atoms with Gasteiger partial charge in [-0.2, -0.15) is 0 Å². The Hall–Kier alpha value is -0.410. The van der Waals surface area contributed by atoms with Crippen LogP contribution in [0.15, 0.2) is 12.2 Å². The van der Waals surface area contributed by atoms with Crippen molar-refractivity contribution in [1.82, 2.24) is 0 Å². The zero-order valence-electron chi connectivity index (χ0n) is 10.9. The van der Waals surface area contributed by atoms with Crippen molar-refractivity contribution in [2.75, 3.05) is 4.43 Å². The Labute approximate surface area is 121 Å². The number of unbranched alkanes of at least 4 members (excludes halogenated alkanes) is 6. The van der Waals surface area contributed by atoms with E-state index in [1.54, 1.807) is 0 Å². The van der Waals surface area contributed by atoms with E-state index in [1.165, 1.54) is 43.0 Å². The molecule has 0 atom stereocenters. The predicted octanol–water partition coefficient (Wildman–Crippen LogP) is 5.13. The number of hydrogen-bond acceptors (Lipinski definition) is 0. The average molecular weight is 342 g/mol. The van der Waals surface area contributed by atoms with E-state index >= 15 is 0 Å². The molecule has 0 rings (SSSR count). The molecule has 0 bridgehead atoms. The maximum atomic E-state index is 3.16. The van der Waals surface area contributed by atoms with E-state index in [-0.39, 0.29) is 0 Å². The van der Waals surface area contributed by atoms with E-state index in [0.29, 0.717) is 0 Å². The minimum Gasteiger partial charge on any atom is -0.0985 e. The summed E-state index contributed by atoms with van der Waals surface area (Å²) in [6.07, 6.45) is 13.4. The molecule has 0 unspecified atom stereocenters. The monoisotopic (exact) mass is 342 g/mol. The molecule has 0 aliphatic rings. The molecule has 0 N–H and O–H groups in total. The molecule has 0 aliphatic heterocycles. The number of allylic oxidation sites excluding steroid dienone is 2. The number of hydrogen-bond donors (Lipinski definition) is 0. The van der Waals surface area contributed by atoms with Gasteiger partial charge in [0.2, 0.25) is 0 Å². The van der Waals surface area contributed by atoms with Crippen molar-refractivity contribution < 1.29 is 0 Å². The fraction of sp³-hybridized carbons (Fsp3) is 0.625. The molecule has 0 nitrogen and oxygen atoms in total. The van der Waals surface area contributed by atoms with Crippen LogP contribution in [-0.4, -0.2) is 4.43 Å². The average Bonchev–Trinajstić information content (AvgIpc) is 2.35. The second kappa shape index (κ2) is 15.6. The van der Waals surface area contributed by atoms with Crippen LogP contribution >= 0.6 is 22.6 Å². The molecule has 0 amide bonds. The zero-order chi connectivity index (χ0) is 12.6. The Bertz CT molecular complexity index is 293. The first kappa shape index (κ1) is 16.6. The third kappa shape index (κ3) is 15.6. The molecule has 0 fully saturated rings. The van der Waals surface area contributed by atoms with Gasteiger partial charge in [-0.1, -0.05) is 72.5 Å². The fourth-order valence-corrected chi connectivity index (χ4v) is 1.81. The Morgan fingerprint density at radius 1 is 0.824 bits per heavy atom. The molecule has 0 spiro atoms. The molecule has 1 heteroatoms. The fourth-order valence-electron chi connectivity index (χ4n) is 1.27. The van der Waals surface area contributed by atoms with Gasteiger partial charge in [0.1, 0.15) is 0 Å². The van der Waals surface area contributed by atoms with Crippen LogP contribution < -0.4 is 0 Å². The summed E-state index contributed by atoms with van der Waals surface area (Å²) in [4.78, 5) is 0. The van der Waals surface area contributed by atoms with Crippen LogP contribution in [0.1, 0.15) is 58.3 Å². The Kier molecular flexibility index (Phi) is 15.2. The molecular weight excluding hydrogens is 319 g/mol. The molecule has 0 aromatic rings. The summed E-state index contributed by atoms with van der Waals surface area (Å²) >= 11 is 2.43. The maximum absolute atomic E-state index is 3.16. The first-order valence-electron chi connectivity index (χ1n) is 6.59. The van der Waals surface area contributed by atoms with Crippen LogP contribution in [0.25, 0.3) is 0 Å². The van der Waals surface area contributed by atoms with Crippen LogP contribution in [0.4, 0.5) is 0 Å². The smallest absolute Gasteiger partial charge is 0.00922 e. The van der Waals surface area contributed by atoms with Gasteiger partial charge < -0.3 is 0 Å². The molecule has 0 aliphatic carbocycles. The summed E-state index contributed by atoms with van der Waals surface area (Å²) in [6, 6.07) is 0. The standard InChI is InChI=1S/C16H23I/c1-2-3-4-5-6-7-8-9-10-11-12-13-14-15-16-17/h7-8H,2-4,11-16H2,1H3/b8-7-. The molecule has 0 heterocycles. The van der Waals surface area contributed by atoms with Crippen molar-refractivity contribution >= 4 is 22.6 Å². The second-order valence-corrected chi connectivity index (χ2v) is 5.01. The maximum Gasteiger partial charge on any atom is 0.00922 e. The highest BCUT2D eigenvalue weighted by atomic mass is 127. The Morgan fingerprint density at radius 2 is 1.41 bits per heavy atom. The van der Waals surface area contributed by atoms with Gasteiger partial charge in [-0.3, -0.25) is 0 Å². The van der Waals surface area contributed by atoms with Gasteiger partial charge in [-0.25, -0.2) is 0 Å². The lowest BCUT2D eigenvalue weighted by atomic mass is 10.2. The normalized spacial score (nSPS) is 9.53. The largest absolute Gasteiger partial charge is 0.0985 e. The van der Waals surface area contributed by atoms with Gasteiger partial charge in [0.25, 0.3) is 0 Å². The van der Waals surface area contributed by atoms with Crippen molar-refractivity contribution in [2.24, 2.45) is 0 Å². The lowest BCUT2D eigenvalue weighted by Crippen LogP contribution is -1.77. The molecule has 0 radical (unpaired) electrons. The highest BCUT2D eigenvalue weighted by Gasteiger charge is 1.85. The highest BCUT2D eigenvalue weighted by Crippen LogP contribution is 2.03. The third-order valence-electron chi connectivity index (χ3n) is 2.29. The van der Waals surface area contributed by atoms with Crippen LogP contribution in [0.2, 0.25) is 0 Å². The van der Waals surface area contributed by atoms with Crippen LogP contribution in [0.5, 0.6) is 0 Å². The molecule has 0 aromatic carbocycles. The van der Waals surface area contributed by atoms with E-state index in [9.17, 15) is 0 Å². The topological polar surface area (TPSA) is 0 Å². The second-order valence-electron chi connectivity index (χ2n) is 3.93. The lowest BCUT2D eigenvalue weighted by molar-refractivity contribution is 0.687. The van der Waals surface area contributed by atoms with Gasteiger partial charge in [0, 0.05) is 12.8 Å². The van der Waals surface area contributed by atoms with Gasteiger partial charge >= 0.3 is 0 Å². The van der Waals surface area contributed by atoms with Gasteiger partial charge in [-0.05, 0) is 35.8 Å². The van der Waals surface area contributed by atoms with Crippen LogP contribution in [0.3, 0.4) is 0 Å². The first-order chi connectivity index (χ1) is 8.41. The Morgan fingerprint density at radius 3 is 2.00 bits per heavy atom. The minimum absolute atomic E-state index is 1.01. The summed E-state index contributed by atoms with van der Waals surface area (Å²) < 4.78 is 1.28. The summed E-state index contributed by atoms with van der Waals surface area (Å²) in [5.74, 6) is 12.3. The van der Waals surface area contributed by atoms with Crippen molar-refractivity contribution in [3.05, 3.63) is 12.2 Å². The van der Waals surface area contributed by atoms with Crippen molar-refractivity contribution in [3.63, 3.8) is 0 Å². The van der Waals surface area contributed by atoms with Crippen molar-refractivity contribution in [2.45, 2.75) is 58.3 Å². The lowest BCUT2D eigenvalue weighted by Gasteiger charge is -1.93. The molecular formula is C16H23I. The SMILES string of the molecule is CCCCC#C/C=C\C#CCCCCCCI. The van der Waals surface area contributed by atoms with E-state index in [0.717, 1.165) is 12.8 Å². The number of halogens is 1. The van der Waals surface area contributed by atoms with Gasteiger partial charge in [0.05, 0.1) is 0 Å². The number of alkyl halides is 1. The van der Waals surface area contributed by atoms with Crippen LogP contribution in [0, 0.1) is 23.7 Å². The van der Waals surface area contributed by atoms with E-state index in [4.69, 9.17) is 0 Å². The quantitative estimate of drug-likeness (QED) is 0.261. The van der Waals surface area contributed by atoms with Gasteiger partial charge in [0.15, 0.2) is 0 Å². The minimum atomic E-state index is 1.01. The summed E-state index contributed by atoms with van der Waals surface area (Å²) in [6.45, 7) is 2.18. The van der Waals surface area contributed by atoms with Crippen LogP contribution in [-0.2, 0) is 0 Å². The van der Waals surface area contributed by atoms with E-state index in [1.807, 2.05) is 12.2 Å². The summed E-state index contributed by atoms with van der Waals surface area (Å²) in [7, 11) is 0. The zero-order valence-corrected chi connectivity index (χ0v) is 13.1. The molecule has 0 saturated carbocycles. The van der Waals surface area contributed by atoms with Crippen molar-refractivity contribution in [1.29, 1.82) is 0 Å². The highest BCUT2D eigenvalue weighted by molar-refractivity contribution is 14.1. The van der Waals surface area contributed by atoms with Gasteiger partial charge in [-0.15, -0.1) is 0 Å². The Balaban J connectivity index is 3.39. The third-order valence-corrected chi connectivity index (χ3v) is 3.06. The van der Waals surface area contributed by atoms with E-state index < -0.39 is 0 Å². The first-order valence-corrected chi connectivity index (χ1v) is 8.12. The van der Waals surface area contributed by atoms with E-state index in [2.05, 4.69) is 53.2 Å². The summed E-state index contributed by atoms with van der Waals surface area (Å²) in [5, 5.41) is 0. The molecule has 0 aromatic heterocycles. The predicted molar refractivity (Wildman–Crippen MR) is 86.2 cm³/mol. The van der Waals surface area contributed by atoms with Crippen molar-refractivity contribution in [3.8, 4) is 23.7 Å². The molecule has 17 heavy (non-hydrogen) atoms. The number of rotatable bonds is 7. The molecule has 0 saturated heterocycles.